The van der Waals surface area contributed by atoms with Gasteiger partial charge in [0.25, 0.3) is 0 Å². The van der Waals surface area contributed by atoms with Gasteiger partial charge in [-0.2, -0.15) is 0 Å². The number of rotatable bonds is 7. The number of hydrogen-bond acceptors (Lipinski definition) is 4. The van der Waals surface area contributed by atoms with Gasteiger partial charge in [-0.25, -0.2) is 13.4 Å². The molecule has 0 fully saturated rings. The molecule has 116 valence electrons. The molecule has 0 unspecified atom stereocenters. The fourth-order valence-corrected chi connectivity index (χ4v) is 3.29. The van der Waals surface area contributed by atoms with E-state index in [1.807, 2.05) is 17.6 Å². The number of aryl methyl sites for hydroxylation is 1. The van der Waals surface area contributed by atoms with Crippen LogP contribution in [-0.4, -0.2) is 43.3 Å². The summed E-state index contributed by atoms with van der Waals surface area (Å²) < 4.78 is 31.1. The van der Waals surface area contributed by atoms with Crippen LogP contribution in [0.25, 0.3) is 11.0 Å². The van der Waals surface area contributed by atoms with Crippen LogP contribution in [0.2, 0.25) is 0 Å². The van der Waals surface area contributed by atoms with Crippen molar-refractivity contribution in [2.45, 2.75) is 24.8 Å². The summed E-state index contributed by atoms with van der Waals surface area (Å²) in [4.78, 5) is 4.75. The van der Waals surface area contributed by atoms with Crippen LogP contribution in [0.3, 0.4) is 0 Å². The summed E-state index contributed by atoms with van der Waals surface area (Å²) >= 11 is 5.82. The highest BCUT2D eigenvalue weighted by atomic mass is 35.5. The van der Waals surface area contributed by atoms with Crippen molar-refractivity contribution in [1.82, 2.24) is 9.55 Å². The molecule has 0 amide bonds. The number of alkyl halides is 1. The Morgan fingerprint density at radius 1 is 1.38 bits per heavy atom. The van der Waals surface area contributed by atoms with Gasteiger partial charge in [-0.15, -0.1) is 11.6 Å². The molecule has 0 bridgehead atoms. The first kappa shape index (κ1) is 16.3. The summed E-state index contributed by atoms with van der Waals surface area (Å²) in [5.41, 5.74) is 1.31. The molecule has 0 spiro atoms. The lowest BCUT2D eigenvalue weighted by atomic mass is 10.3. The van der Waals surface area contributed by atoms with Crippen LogP contribution < -0.4 is 0 Å². The summed E-state index contributed by atoms with van der Waals surface area (Å²) in [6.07, 6.45) is 1.79. The largest absolute Gasteiger partial charge is 0.380 e. The van der Waals surface area contributed by atoms with Gasteiger partial charge in [0.15, 0.2) is 9.84 Å². The van der Waals surface area contributed by atoms with E-state index in [0.717, 1.165) is 11.3 Å². The van der Waals surface area contributed by atoms with E-state index in [2.05, 4.69) is 4.98 Å². The second-order valence-electron chi connectivity index (χ2n) is 4.71. The summed E-state index contributed by atoms with van der Waals surface area (Å²) in [6.45, 7) is 3.77. The zero-order valence-corrected chi connectivity index (χ0v) is 13.7. The van der Waals surface area contributed by atoms with E-state index in [0.29, 0.717) is 37.6 Å². The molecule has 0 saturated carbocycles. The number of aromatic nitrogens is 2. The summed E-state index contributed by atoms with van der Waals surface area (Å²) in [5.74, 6) is 1.22. The van der Waals surface area contributed by atoms with Gasteiger partial charge >= 0.3 is 0 Å². The maximum atomic E-state index is 11.9. The van der Waals surface area contributed by atoms with Crippen LogP contribution in [0.4, 0.5) is 0 Å². The highest BCUT2D eigenvalue weighted by molar-refractivity contribution is 7.91. The Bertz CT molecular complexity index is 725. The van der Waals surface area contributed by atoms with E-state index in [9.17, 15) is 8.42 Å². The number of fused-ring (bicyclic) bond motifs is 1. The average Bonchev–Trinajstić information content (AvgIpc) is 2.76. The molecule has 1 aromatic carbocycles. The van der Waals surface area contributed by atoms with E-state index in [-0.39, 0.29) is 4.90 Å². The van der Waals surface area contributed by atoms with Crippen molar-refractivity contribution in [2.75, 3.05) is 25.3 Å². The highest BCUT2D eigenvalue weighted by Crippen LogP contribution is 2.24. The Morgan fingerprint density at radius 3 is 2.76 bits per heavy atom. The van der Waals surface area contributed by atoms with E-state index < -0.39 is 9.84 Å². The quantitative estimate of drug-likeness (QED) is 0.577. The molecule has 7 heteroatoms. The molecule has 2 aromatic rings. The molecule has 2 rings (SSSR count). The minimum atomic E-state index is -3.31. The second-order valence-corrected chi connectivity index (χ2v) is 7.07. The molecule has 21 heavy (non-hydrogen) atoms. The van der Waals surface area contributed by atoms with Crippen LogP contribution in [0.5, 0.6) is 0 Å². The minimum Gasteiger partial charge on any atom is -0.380 e. The van der Waals surface area contributed by atoms with Gasteiger partial charge in [-0.05, 0) is 19.1 Å². The number of hydrogen-bond donors (Lipinski definition) is 0. The van der Waals surface area contributed by atoms with Gasteiger partial charge in [-0.1, -0.05) is 6.07 Å². The van der Waals surface area contributed by atoms with Crippen LogP contribution in [0.1, 0.15) is 12.7 Å². The average molecular weight is 331 g/mol. The first-order valence-corrected chi connectivity index (χ1v) is 9.23. The predicted octanol–water partition coefficient (Wildman–Crippen LogP) is 2.26. The van der Waals surface area contributed by atoms with Gasteiger partial charge < -0.3 is 9.30 Å². The monoisotopic (exact) mass is 330 g/mol. The lowest BCUT2D eigenvalue weighted by molar-refractivity contribution is 0.139. The van der Waals surface area contributed by atoms with Crippen molar-refractivity contribution >= 4 is 32.5 Å². The maximum Gasteiger partial charge on any atom is 0.177 e. The van der Waals surface area contributed by atoms with Crippen LogP contribution in [-0.2, 0) is 27.5 Å². The predicted molar refractivity (Wildman–Crippen MR) is 83.8 cm³/mol. The number of benzene rings is 1. The van der Waals surface area contributed by atoms with Crippen molar-refractivity contribution in [3.05, 3.63) is 24.0 Å². The molecule has 5 nitrogen and oxygen atoms in total. The Hall–Kier alpha value is -1.11. The molecule has 0 saturated heterocycles. The SMILES string of the molecule is CCOCCn1c(CCCl)nc2c(S(C)(=O)=O)cccc21. The molecule has 0 aliphatic rings. The van der Waals surface area contributed by atoms with Crippen LogP contribution in [0.15, 0.2) is 23.1 Å². The number of sulfone groups is 1. The third-order valence-electron chi connectivity index (χ3n) is 3.20. The Morgan fingerprint density at radius 2 is 2.14 bits per heavy atom. The van der Waals surface area contributed by atoms with E-state index in [4.69, 9.17) is 16.3 Å². The molecule has 0 N–H and O–H groups in total. The molecule has 0 aliphatic carbocycles. The molecule has 0 atom stereocenters. The summed E-state index contributed by atoms with van der Waals surface area (Å²) in [6, 6.07) is 5.20. The van der Waals surface area contributed by atoms with Crippen molar-refractivity contribution in [1.29, 1.82) is 0 Å². The van der Waals surface area contributed by atoms with Gasteiger partial charge in [0.2, 0.25) is 0 Å². The number of para-hydroxylation sites is 1. The zero-order valence-electron chi connectivity index (χ0n) is 12.2. The first-order chi connectivity index (χ1) is 9.99. The Balaban J connectivity index is 2.56. The number of imidazole rings is 1. The van der Waals surface area contributed by atoms with Crippen molar-refractivity contribution in [3.63, 3.8) is 0 Å². The molecule has 0 radical (unpaired) electrons. The van der Waals surface area contributed by atoms with Gasteiger partial charge in [-0.3, -0.25) is 0 Å². The Labute approximate surface area is 129 Å². The number of nitrogens with zero attached hydrogens (tertiary/aromatic N) is 2. The van der Waals surface area contributed by atoms with Gasteiger partial charge in [0.05, 0.1) is 17.0 Å². The fourth-order valence-electron chi connectivity index (χ4n) is 2.29. The molecular weight excluding hydrogens is 312 g/mol. The number of ether oxygens (including phenoxy) is 1. The van der Waals surface area contributed by atoms with Crippen molar-refractivity contribution in [2.24, 2.45) is 0 Å². The topological polar surface area (TPSA) is 61.2 Å². The van der Waals surface area contributed by atoms with Crippen molar-refractivity contribution < 1.29 is 13.2 Å². The minimum absolute atomic E-state index is 0.256. The third-order valence-corrected chi connectivity index (χ3v) is 4.52. The number of halogens is 1. The standard InChI is InChI=1S/C14H19ClN2O3S/c1-3-20-10-9-17-11-5-4-6-12(21(2,18)19)14(11)16-13(17)7-8-15/h4-6H,3,7-10H2,1-2H3. The fraction of sp³-hybridized carbons (Fsp3) is 0.500. The smallest absolute Gasteiger partial charge is 0.177 e. The normalized spacial score (nSPS) is 12.1. The second kappa shape index (κ2) is 6.77. The van der Waals surface area contributed by atoms with Crippen LogP contribution in [0, 0.1) is 0 Å². The Kier molecular flexibility index (Phi) is 5.24. The van der Waals surface area contributed by atoms with E-state index in [1.54, 1.807) is 12.1 Å². The summed E-state index contributed by atoms with van der Waals surface area (Å²) in [5, 5.41) is 0. The molecule has 0 aliphatic heterocycles. The van der Waals surface area contributed by atoms with E-state index in [1.165, 1.54) is 6.26 Å². The van der Waals surface area contributed by atoms with Gasteiger partial charge in [0, 0.05) is 31.7 Å². The van der Waals surface area contributed by atoms with Crippen LogP contribution >= 0.6 is 11.6 Å². The third kappa shape index (κ3) is 3.56. The molecule has 1 aromatic heterocycles. The summed E-state index contributed by atoms with van der Waals surface area (Å²) in [7, 11) is -3.31. The lowest BCUT2D eigenvalue weighted by Gasteiger charge is -2.08. The highest BCUT2D eigenvalue weighted by Gasteiger charge is 2.18. The zero-order chi connectivity index (χ0) is 15.5. The van der Waals surface area contributed by atoms with E-state index >= 15 is 0 Å². The van der Waals surface area contributed by atoms with Gasteiger partial charge in [0.1, 0.15) is 11.3 Å². The first-order valence-electron chi connectivity index (χ1n) is 6.81. The molecular formula is C14H19ClN2O3S. The lowest BCUT2D eigenvalue weighted by Crippen LogP contribution is -2.10. The molecule has 1 heterocycles. The van der Waals surface area contributed by atoms with Crippen molar-refractivity contribution in [3.8, 4) is 0 Å². The maximum absolute atomic E-state index is 11.9.